The van der Waals surface area contributed by atoms with Gasteiger partial charge in [0.2, 0.25) is 5.91 Å². The van der Waals surface area contributed by atoms with Crippen molar-refractivity contribution in [2.24, 2.45) is 11.7 Å². The van der Waals surface area contributed by atoms with Crippen LogP contribution in [0.5, 0.6) is 0 Å². The van der Waals surface area contributed by atoms with Crippen LogP contribution in [-0.4, -0.2) is 11.9 Å². The van der Waals surface area contributed by atoms with E-state index in [-0.39, 0.29) is 29.9 Å². The molecule has 6 heteroatoms. The molecule has 3 N–H and O–H groups in total. The Hall–Kier alpha value is -0.480. The maximum absolute atomic E-state index is 12.3. The summed E-state index contributed by atoms with van der Waals surface area (Å²) >= 11 is 12.6. The third-order valence-corrected chi connectivity index (χ3v) is 5.37. The molecule has 0 saturated heterocycles. The molecular formula is C16H21Cl3N2O. The van der Waals surface area contributed by atoms with Crippen LogP contribution in [0.4, 0.5) is 0 Å². The molecule has 0 aliphatic heterocycles. The SMILES string of the molecule is Cl.N[C@@H]1CCC[C@H]1CC(=O)NC1(c2c(Cl)cccc2Cl)CC1. The highest BCUT2D eigenvalue weighted by molar-refractivity contribution is 6.36. The van der Waals surface area contributed by atoms with E-state index in [2.05, 4.69) is 5.32 Å². The second-order valence-electron chi connectivity index (χ2n) is 6.29. The van der Waals surface area contributed by atoms with Crippen molar-refractivity contribution in [3.63, 3.8) is 0 Å². The minimum Gasteiger partial charge on any atom is -0.346 e. The van der Waals surface area contributed by atoms with Crippen LogP contribution in [0.25, 0.3) is 0 Å². The Kier molecular flexibility index (Phi) is 5.65. The van der Waals surface area contributed by atoms with Gasteiger partial charge in [0.05, 0.1) is 5.54 Å². The van der Waals surface area contributed by atoms with Gasteiger partial charge in [0, 0.05) is 28.1 Å². The minimum atomic E-state index is -0.366. The molecule has 1 aromatic carbocycles. The van der Waals surface area contributed by atoms with Gasteiger partial charge in [-0.2, -0.15) is 0 Å². The summed E-state index contributed by atoms with van der Waals surface area (Å²) in [5, 5.41) is 4.40. The lowest BCUT2D eigenvalue weighted by molar-refractivity contribution is -0.123. The number of carbonyl (C=O) groups excluding carboxylic acids is 1. The molecule has 1 aromatic rings. The van der Waals surface area contributed by atoms with E-state index in [1.54, 1.807) is 0 Å². The van der Waals surface area contributed by atoms with Crippen LogP contribution >= 0.6 is 35.6 Å². The van der Waals surface area contributed by atoms with Gasteiger partial charge in [-0.25, -0.2) is 0 Å². The molecule has 22 heavy (non-hydrogen) atoms. The van der Waals surface area contributed by atoms with E-state index < -0.39 is 0 Å². The number of hydrogen-bond acceptors (Lipinski definition) is 2. The van der Waals surface area contributed by atoms with E-state index in [0.717, 1.165) is 37.7 Å². The number of nitrogens with two attached hydrogens (primary N) is 1. The van der Waals surface area contributed by atoms with Crippen molar-refractivity contribution in [2.75, 3.05) is 0 Å². The Balaban J connectivity index is 0.00000176. The van der Waals surface area contributed by atoms with E-state index >= 15 is 0 Å². The van der Waals surface area contributed by atoms with Gasteiger partial charge in [0.15, 0.2) is 0 Å². The molecule has 0 aromatic heterocycles. The summed E-state index contributed by atoms with van der Waals surface area (Å²) in [7, 11) is 0. The Morgan fingerprint density at radius 3 is 2.41 bits per heavy atom. The lowest BCUT2D eigenvalue weighted by Crippen LogP contribution is -2.38. The zero-order valence-corrected chi connectivity index (χ0v) is 14.6. The molecule has 0 heterocycles. The molecule has 2 aliphatic rings. The number of hydrogen-bond donors (Lipinski definition) is 2. The molecule has 122 valence electrons. The van der Waals surface area contributed by atoms with Gasteiger partial charge in [-0.15, -0.1) is 12.4 Å². The highest BCUT2D eigenvalue weighted by Gasteiger charge is 2.48. The van der Waals surface area contributed by atoms with Crippen LogP contribution in [0.1, 0.15) is 44.1 Å². The van der Waals surface area contributed by atoms with Crippen LogP contribution in [-0.2, 0) is 10.3 Å². The topological polar surface area (TPSA) is 55.1 Å². The van der Waals surface area contributed by atoms with E-state index in [1.807, 2.05) is 18.2 Å². The molecule has 2 fully saturated rings. The zero-order valence-electron chi connectivity index (χ0n) is 12.3. The third kappa shape index (κ3) is 3.53. The fourth-order valence-electron chi connectivity index (χ4n) is 3.39. The Morgan fingerprint density at radius 1 is 1.27 bits per heavy atom. The lowest BCUT2D eigenvalue weighted by Gasteiger charge is -2.22. The van der Waals surface area contributed by atoms with E-state index in [9.17, 15) is 4.79 Å². The average molecular weight is 364 g/mol. The average Bonchev–Trinajstić information content (AvgIpc) is 3.06. The predicted octanol–water partition coefficient (Wildman–Crippen LogP) is 4.04. The maximum Gasteiger partial charge on any atom is 0.221 e. The summed E-state index contributed by atoms with van der Waals surface area (Å²) in [6.45, 7) is 0. The van der Waals surface area contributed by atoms with Crippen LogP contribution in [0.3, 0.4) is 0 Å². The van der Waals surface area contributed by atoms with Crippen LogP contribution < -0.4 is 11.1 Å². The highest BCUT2D eigenvalue weighted by Crippen LogP contribution is 2.50. The quantitative estimate of drug-likeness (QED) is 0.848. The summed E-state index contributed by atoms with van der Waals surface area (Å²) in [6, 6.07) is 5.63. The molecule has 0 spiro atoms. The number of halogens is 3. The molecule has 3 nitrogen and oxygen atoms in total. The largest absolute Gasteiger partial charge is 0.346 e. The summed E-state index contributed by atoms with van der Waals surface area (Å²) in [5.41, 5.74) is 6.54. The van der Waals surface area contributed by atoms with Crippen molar-refractivity contribution in [1.82, 2.24) is 5.32 Å². The summed E-state index contributed by atoms with van der Waals surface area (Å²) < 4.78 is 0. The van der Waals surface area contributed by atoms with E-state index in [0.29, 0.717) is 22.4 Å². The molecule has 2 aliphatic carbocycles. The molecule has 0 unspecified atom stereocenters. The Labute approximate surface area is 147 Å². The first-order chi connectivity index (χ1) is 10.0. The molecule has 3 rings (SSSR count). The lowest BCUT2D eigenvalue weighted by atomic mass is 9.98. The number of carbonyl (C=O) groups is 1. The third-order valence-electron chi connectivity index (χ3n) is 4.74. The van der Waals surface area contributed by atoms with Crippen molar-refractivity contribution in [2.45, 2.75) is 50.1 Å². The summed E-state index contributed by atoms with van der Waals surface area (Å²) in [6.07, 6.45) is 5.48. The number of amides is 1. The zero-order chi connectivity index (χ0) is 15.0. The van der Waals surface area contributed by atoms with Crippen molar-refractivity contribution >= 4 is 41.5 Å². The normalized spacial score (nSPS) is 25.4. The van der Waals surface area contributed by atoms with Crippen molar-refractivity contribution in [1.29, 1.82) is 0 Å². The maximum atomic E-state index is 12.3. The van der Waals surface area contributed by atoms with Gasteiger partial charge in [-0.1, -0.05) is 35.7 Å². The van der Waals surface area contributed by atoms with Crippen molar-refractivity contribution in [3.8, 4) is 0 Å². The first kappa shape index (κ1) is 17.9. The second kappa shape index (κ2) is 6.96. The molecule has 1 amide bonds. The first-order valence-corrected chi connectivity index (χ1v) is 8.28. The summed E-state index contributed by atoms with van der Waals surface area (Å²) in [5.74, 6) is 0.369. The number of nitrogens with one attached hydrogen (secondary N) is 1. The second-order valence-corrected chi connectivity index (χ2v) is 7.10. The van der Waals surface area contributed by atoms with Gasteiger partial charge in [-0.05, 0) is 43.7 Å². The van der Waals surface area contributed by atoms with Gasteiger partial charge >= 0.3 is 0 Å². The fraction of sp³-hybridized carbons (Fsp3) is 0.562. The molecule has 2 saturated carbocycles. The number of benzene rings is 1. The van der Waals surface area contributed by atoms with Crippen LogP contribution in [0.15, 0.2) is 18.2 Å². The molecule has 2 atom stereocenters. The molecule has 0 radical (unpaired) electrons. The van der Waals surface area contributed by atoms with Gasteiger partial charge in [-0.3, -0.25) is 4.79 Å². The smallest absolute Gasteiger partial charge is 0.221 e. The van der Waals surface area contributed by atoms with E-state index in [4.69, 9.17) is 28.9 Å². The molecular weight excluding hydrogens is 343 g/mol. The van der Waals surface area contributed by atoms with E-state index in [1.165, 1.54) is 0 Å². The van der Waals surface area contributed by atoms with Crippen LogP contribution in [0, 0.1) is 5.92 Å². The minimum absolute atomic E-state index is 0. The standard InChI is InChI=1S/C16H20Cl2N2O.ClH/c17-11-4-2-5-12(18)15(11)16(7-8-16)20-14(21)9-10-3-1-6-13(10)19;/h2,4-5,10,13H,1,3,6-9,19H2,(H,20,21);1H/t10-,13+;/m0./s1. The fourth-order valence-corrected chi connectivity index (χ4v) is 4.15. The molecule has 0 bridgehead atoms. The monoisotopic (exact) mass is 362 g/mol. The van der Waals surface area contributed by atoms with Gasteiger partial charge < -0.3 is 11.1 Å². The highest BCUT2D eigenvalue weighted by atomic mass is 35.5. The van der Waals surface area contributed by atoms with Crippen molar-refractivity contribution < 1.29 is 4.79 Å². The van der Waals surface area contributed by atoms with Gasteiger partial charge in [0.25, 0.3) is 0 Å². The van der Waals surface area contributed by atoms with Crippen LogP contribution in [0.2, 0.25) is 10.0 Å². The van der Waals surface area contributed by atoms with Gasteiger partial charge in [0.1, 0.15) is 0 Å². The first-order valence-electron chi connectivity index (χ1n) is 7.53. The summed E-state index contributed by atoms with van der Waals surface area (Å²) in [4.78, 5) is 12.3. The predicted molar refractivity (Wildman–Crippen MR) is 92.7 cm³/mol. The Morgan fingerprint density at radius 2 is 1.91 bits per heavy atom. The number of rotatable bonds is 4. The Bertz CT molecular complexity index is 540. The van der Waals surface area contributed by atoms with Crippen molar-refractivity contribution in [3.05, 3.63) is 33.8 Å².